The summed E-state index contributed by atoms with van der Waals surface area (Å²) in [5.41, 5.74) is 7.12. The van der Waals surface area contributed by atoms with Crippen molar-refractivity contribution in [2.75, 3.05) is 11.9 Å². The lowest BCUT2D eigenvalue weighted by atomic mass is 9.88. The molecule has 158 valence electrons. The molecule has 2 aromatic carbocycles. The van der Waals surface area contributed by atoms with Crippen LogP contribution < -0.4 is 15.8 Å². The number of hydrogen-bond acceptors (Lipinski definition) is 5. The number of anilines is 1. The molecule has 0 aliphatic carbocycles. The number of primary amides is 1. The van der Waals surface area contributed by atoms with E-state index in [1.165, 1.54) is 24.3 Å². The molecule has 4 N–H and O–H groups in total. The minimum Gasteiger partial charge on any atom is -0.484 e. The van der Waals surface area contributed by atoms with E-state index in [-0.39, 0.29) is 23.8 Å². The van der Waals surface area contributed by atoms with Crippen molar-refractivity contribution in [3.05, 3.63) is 69.7 Å². The minimum absolute atomic E-state index is 0.0601. The Balaban J connectivity index is 1.82. The van der Waals surface area contributed by atoms with Gasteiger partial charge in [-0.15, -0.1) is 11.3 Å². The van der Waals surface area contributed by atoms with E-state index in [1.54, 1.807) is 18.2 Å². The Morgan fingerprint density at radius 3 is 2.65 bits per heavy atom. The van der Waals surface area contributed by atoms with Crippen molar-refractivity contribution in [2.45, 2.75) is 12.3 Å². The predicted octanol–water partition coefficient (Wildman–Crippen LogP) is 3.59. The van der Waals surface area contributed by atoms with Gasteiger partial charge < -0.3 is 20.9 Å². The molecule has 2 heterocycles. The van der Waals surface area contributed by atoms with Crippen LogP contribution in [0.2, 0.25) is 0 Å². The second-order valence-corrected chi connectivity index (χ2v) is 8.04. The van der Waals surface area contributed by atoms with E-state index in [2.05, 4.69) is 5.32 Å². The van der Waals surface area contributed by atoms with Crippen LogP contribution in [0.4, 0.5) is 10.1 Å². The predicted molar refractivity (Wildman–Crippen MR) is 113 cm³/mol. The normalized spacial score (nSPS) is 15.1. The molecule has 0 saturated heterocycles. The summed E-state index contributed by atoms with van der Waals surface area (Å²) in [6.07, 6.45) is 0.120. The number of hydrogen-bond donors (Lipinski definition) is 3. The van der Waals surface area contributed by atoms with Gasteiger partial charge in [0.15, 0.2) is 6.61 Å². The lowest BCUT2D eigenvalue weighted by molar-refractivity contribution is -0.120. The van der Waals surface area contributed by atoms with Crippen molar-refractivity contribution in [3.63, 3.8) is 0 Å². The average Bonchev–Trinajstić information content (AvgIpc) is 3.12. The van der Waals surface area contributed by atoms with Crippen LogP contribution in [-0.4, -0.2) is 29.5 Å². The molecule has 1 aromatic heterocycles. The monoisotopic (exact) mass is 440 g/mol. The largest absolute Gasteiger partial charge is 0.484 e. The zero-order valence-corrected chi connectivity index (χ0v) is 16.9. The van der Waals surface area contributed by atoms with E-state index in [1.807, 2.05) is 6.07 Å². The van der Waals surface area contributed by atoms with Crippen LogP contribution in [0.25, 0.3) is 11.1 Å². The van der Waals surface area contributed by atoms with Crippen molar-refractivity contribution in [1.82, 2.24) is 0 Å². The summed E-state index contributed by atoms with van der Waals surface area (Å²) in [4.78, 5) is 36.2. The average molecular weight is 440 g/mol. The quantitative estimate of drug-likeness (QED) is 0.541. The van der Waals surface area contributed by atoms with E-state index >= 15 is 0 Å². The molecule has 0 radical (unpaired) electrons. The summed E-state index contributed by atoms with van der Waals surface area (Å²) in [5.74, 6) is -2.45. The van der Waals surface area contributed by atoms with Crippen molar-refractivity contribution >= 4 is 34.8 Å². The summed E-state index contributed by atoms with van der Waals surface area (Å²) in [5, 5.41) is 12.6. The first-order valence-electron chi connectivity index (χ1n) is 9.30. The van der Waals surface area contributed by atoms with Gasteiger partial charge in [-0.3, -0.25) is 9.59 Å². The van der Waals surface area contributed by atoms with Gasteiger partial charge in [0, 0.05) is 22.8 Å². The third-order valence-electron chi connectivity index (χ3n) is 4.87. The first-order chi connectivity index (χ1) is 14.8. The molecule has 1 aliphatic heterocycles. The Labute approximate surface area is 180 Å². The van der Waals surface area contributed by atoms with Gasteiger partial charge >= 0.3 is 5.97 Å². The van der Waals surface area contributed by atoms with Gasteiger partial charge in [-0.2, -0.15) is 0 Å². The fourth-order valence-corrected chi connectivity index (χ4v) is 4.82. The third-order valence-corrected chi connectivity index (χ3v) is 6.17. The molecule has 2 amide bonds. The smallest absolute Gasteiger partial charge is 0.346 e. The molecule has 7 nitrogen and oxygen atoms in total. The zero-order valence-electron chi connectivity index (χ0n) is 16.1. The van der Waals surface area contributed by atoms with Crippen molar-refractivity contribution in [2.24, 2.45) is 5.73 Å². The van der Waals surface area contributed by atoms with Crippen LogP contribution in [0.3, 0.4) is 0 Å². The van der Waals surface area contributed by atoms with Crippen LogP contribution in [0.5, 0.6) is 5.75 Å². The van der Waals surface area contributed by atoms with Crippen LogP contribution >= 0.6 is 11.3 Å². The van der Waals surface area contributed by atoms with Gasteiger partial charge in [-0.1, -0.05) is 24.3 Å². The molecule has 3 aromatic rings. The van der Waals surface area contributed by atoms with Crippen molar-refractivity contribution in [3.8, 4) is 16.9 Å². The number of nitrogens with two attached hydrogens (primary N) is 1. The molecule has 1 atom stereocenters. The zero-order chi connectivity index (χ0) is 22.1. The fraction of sp³-hybridized carbons (Fsp3) is 0.136. The number of nitrogens with one attached hydrogen (secondary N) is 1. The molecule has 9 heteroatoms. The summed E-state index contributed by atoms with van der Waals surface area (Å²) in [6, 6.07) is 12.4. The molecule has 4 rings (SSSR count). The molecular weight excluding hydrogens is 423 g/mol. The van der Waals surface area contributed by atoms with E-state index in [0.29, 0.717) is 27.4 Å². The Morgan fingerprint density at radius 2 is 1.97 bits per heavy atom. The van der Waals surface area contributed by atoms with Gasteiger partial charge in [0.2, 0.25) is 5.91 Å². The number of carboxylic acids is 1. The maximum absolute atomic E-state index is 13.4. The number of halogens is 1. The number of carbonyl (C=O) groups excluding carboxylic acids is 2. The molecule has 0 spiro atoms. The Morgan fingerprint density at radius 1 is 1.23 bits per heavy atom. The molecule has 0 bridgehead atoms. The number of carboxylic acid groups (broad SMARTS) is 1. The first-order valence-corrected chi connectivity index (χ1v) is 10.1. The highest BCUT2D eigenvalue weighted by molar-refractivity contribution is 7.15. The van der Waals surface area contributed by atoms with E-state index in [9.17, 15) is 23.9 Å². The second kappa shape index (κ2) is 8.19. The summed E-state index contributed by atoms with van der Waals surface area (Å²) < 4.78 is 18.8. The lowest BCUT2D eigenvalue weighted by Gasteiger charge is -2.24. The van der Waals surface area contributed by atoms with Crippen molar-refractivity contribution in [1.29, 1.82) is 0 Å². The van der Waals surface area contributed by atoms with Gasteiger partial charge in [-0.25, -0.2) is 9.18 Å². The topological polar surface area (TPSA) is 119 Å². The molecule has 0 fully saturated rings. The SMILES string of the molecule is NC(=O)COc1cccc(C2CC(=O)Nc3c2sc(C(=O)O)c3-c2ccc(F)cc2)c1. The van der Waals surface area contributed by atoms with Gasteiger partial charge in [0.05, 0.1) is 5.69 Å². The van der Waals surface area contributed by atoms with E-state index in [4.69, 9.17) is 10.5 Å². The number of thiophene rings is 1. The third kappa shape index (κ3) is 4.13. The molecular formula is C22H17FN2O5S. The molecule has 0 saturated carbocycles. The highest BCUT2D eigenvalue weighted by atomic mass is 32.1. The first kappa shape index (κ1) is 20.5. The van der Waals surface area contributed by atoms with Crippen LogP contribution in [0.1, 0.15) is 32.5 Å². The van der Waals surface area contributed by atoms with Gasteiger partial charge in [0.25, 0.3) is 5.91 Å². The summed E-state index contributed by atoms with van der Waals surface area (Å²) in [6.45, 7) is -0.281. The second-order valence-electron chi connectivity index (χ2n) is 6.99. The highest BCUT2D eigenvalue weighted by Gasteiger charge is 2.34. The summed E-state index contributed by atoms with van der Waals surface area (Å²) >= 11 is 1.08. The van der Waals surface area contributed by atoms with Gasteiger partial charge in [0.1, 0.15) is 16.4 Å². The molecule has 31 heavy (non-hydrogen) atoms. The van der Waals surface area contributed by atoms with Crippen LogP contribution in [0.15, 0.2) is 48.5 Å². The van der Waals surface area contributed by atoms with E-state index in [0.717, 1.165) is 16.9 Å². The maximum atomic E-state index is 13.4. The number of amides is 2. The van der Waals surface area contributed by atoms with Crippen LogP contribution in [0, 0.1) is 5.82 Å². The fourth-order valence-electron chi connectivity index (χ4n) is 3.57. The number of benzene rings is 2. The maximum Gasteiger partial charge on any atom is 0.346 e. The number of fused-ring (bicyclic) bond motifs is 1. The minimum atomic E-state index is -1.13. The van der Waals surface area contributed by atoms with E-state index < -0.39 is 23.6 Å². The highest BCUT2D eigenvalue weighted by Crippen LogP contribution is 2.49. The van der Waals surface area contributed by atoms with Crippen LogP contribution in [-0.2, 0) is 9.59 Å². The molecule has 1 unspecified atom stereocenters. The lowest BCUT2D eigenvalue weighted by Crippen LogP contribution is -2.22. The summed E-state index contributed by atoms with van der Waals surface area (Å²) in [7, 11) is 0. The molecule has 1 aliphatic rings. The van der Waals surface area contributed by atoms with Gasteiger partial charge in [-0.05, 0) is 35.4 Å². The number of carbonyl (C=O) groups is 3. The van der Waals surface area contributed by atoms with Crippen molar-refractivity contribution < 1.29 is 28.6 Å². The number of ether oxygens (including phenoxy) is 1. The Hall–Kier alpha value is -3.72. The standard InChI is InChI=1S/C22H17FN2O5S/c23-13-6-4-11(5-7-13)18-19-20(31-21(18)22(28)29)15(9-17(27)25-19)12-2-1-3-14(8-12)30-10-16(24)26/h1-8,15H,9-10H2,(H2,24,26)(H,25,27)(H,28,29). The number of rotatable bonds is 6. The Bertz CT molecular complexity index is 1190. The number of aromatic carboxylic acids is 1. The Kier molecular flexibility index (Phi) is 5.43.